The lowest BCUT2D eigenvalue weighted by Gasteiger charge is -2.44. The maximum Gasteiger partial charge on any atom is 0.392 e. The third kappa shape index (κ3) is 4.32. The predicted molar refractivity (Wildman–Crippen MR) is 84.6 cm³/mol. The number of carbonyl (C=O) groups is 2. The zero-order valence-electron chi connectivity index (χ0n) is 14.8. The van der Waals surface area contributed by atoms with E-state index in [4.69, 9.17) is 0 Å². The first-order chi connectivity index (χ1) is 11.5. The summed E-state index contributed by atoms with van der Waals surface area (Å²) in [7, 11) is 3.26. The molecule has 2 rings (SSSR count). The molecule has 2 heterocycles. The van der Waals surface area contributed by atoms with Gasteiger partial charge < -0.3 is 9.80 Å². The fourth-order valence-corrected chi connectivity index (χ4v) is 2.71. The molecule has 1 aliphatic rings. The number of aryl methyl sites for hydroxylation is 2. The molecule has 2 amide bonds. The Hall–Kier alpha value is -2.06. The van der Waals surface area contributed by atoms with Gasteiger partial charge in [0.2, 0.25) is 11.8 Å². The quantitative estimate of drug-likeness (QED) is 0.800. The van der Waals surface area contributed by atoms with Crippen molar-refractivity contribution in [3.05, 3.63) is 17.5 Å². The number of nitrogens with zero attached hydrogens (tertiary/aromatic N) is 4. The van der Waals surface area contributed by atoms with Crippen LogP contribution < -0.4 is 0 Å². The van der Waals surface area contributed by atoms with Gasteiger partial charge in [0.25, 0.3) is 0 Å². The molecule has 0 saturated carbocycles. The molecule has 1 fully saturated rings. The molecule has 0 radical (unpaired) electrons. The number of amides is 2. The van der Waals surface area contributed by atoms with E-state index >= 15 is 0 Å². The van der Waals surface area contributed by atoms with Gasteiger partial charge in [0.1, 0.15) is 0 Å². The van der Waals surface area contributed by atoms with E-state index in [2.05, 4.69) is 5.10 Å². The first kappa shape index (κ1) is 19.3. The van der Waals surface area contributed by atoms with Crippen LogP contribution in [0.15, 0.2) is 6.20 Å². The molecule has 1 aromatic rings. The molecule has 0 bridgehead atoms. The molecule has 0 aromatic carbocycles. The van der Waals surface area contributed by atoms with Gasteiger partial charge in [0.15, 0.2) is 0 Å². The van der Waals surface area contributed by atoms with Crippen LogP contribution in [-0.4, -0.2) is 63.7 Å². The van der Waals surface area contributed by atoms with Gasteiger partial charge in [-0.05, 0) is 12.5 Å². The fourth-order valence-electron chi connectivity index (χ4n) is 2.71. The number of hydrogen-bond donors (Lipinski definition) is 0. The number of rotatable bonds is 5. The maximum atomic E-state index is 12.6. The van der Waals surface area contributed by atoms with E-state index in [0.29, 0.717) is 13.1 Å². The van der Waals surface area contributed by atoms with Crippen LogP contribution in [0.1, 0.15) is 24.6 Å². The molecule has 25 heavy (non-hydrogen) atoms. The van der Waals surface area contributed by atoms with Crippen LogP contribution in [0.4, 0.5) is 13.2 Å². The highest BCUT2D eigenvalue weighted by Gasteiger charge is 2.40. The van der Waals surface area contributed by atoms with Crippen molar-refractivity contribution in [3.63, 3.8) is 0 Å². The van der Waals surface area contributed by atoms with Crippen LogP contribution in [-0.2, 0) is 23.1 Å². The van der Waals surface area contributed by atoms with E-state index in [1.165, 1.54) is 11.9 Å². The van der Waals surface area contributed by atoms with E-state index in [0.717, 1.165) is 18.2 Å². The van der Waals surface area contributed by atoms with Crippen LogP contribution in [0, 0.1) is 12.8 Å². The minimum Gasteiger partial charge on any atom is -0.339 e. The third-order valence-electron chi connectivity index (χ3n) is 4.78. The summed E-state index contributed by atoms with van der Waals surface area (Å²) < 4.78 is 39.3. The molecule has 1 atom stereocenters. The summed E-state index contributed by atoms with van der Waals surface area (Å²) >= 11 is 0. The summed E-state index contributed by atoms with van der Waals surface area (Å²) in [4.78, 5) is 27.2. The van der Waals surface area contributed by atoms with Gasteiger partial charge in [0, 0.05) is 33.6 Å². The monoisotopic (exact) mass is 360 g/mol. The third-order valence-corrected chi connectivity index (χ3v) is 4.78. The molecular formula is C16H23F3N4O2. The van der Waals surface area contributed by atoms with Crippen molar-refractivity contribution >= 4 is 11.8 Å². The number of alkyl halides is 3. The van der Waals surface area contributed by atoms with Crippen LogP contribution in [0.25, 0.3) is 0 Å². The minimum absolute atomic E-state index is 0.0764. The van der Waals surface area contributed by atoms with Crippen molar-refractivity contribution in [1.82, 2.24) is 19.6 Å². The number of likely N-dealkylation sites (tertiary alicyclic amines) is 1. The Labute approximate surface area is 144 Å². The van der Waals surface area contributed by atoms with Gasteiger partial charge in [-0.15, -0.1) is 0 Å². The topological polar surface area (TPSA) is 58.4 Å². The summed E-state index contributed by atoms with van der Waals surface area (Å²) in [5.41, 5.74) is 1.76. The number of halogens is 3. The SMILES string of the molecule is Cc1cnn(C)c1CC(=O)N1CC(N(C)C(=O)CC(C)C(F)(F)F)C1. The molecule has 1 aromatic heterocycles. The van der Waals surface area contributed by atoms with Gasteiger partial charge >= 0.3 is 6.18 Å². The van der Waals surface area contributed by atoms with E-state index in [1.807, 2.05) is 6.92 Å². The zero-order valence-corrected chi connectivity index (χ0v) is 14.8. The Balaban J connectivity index is 1.83. The summed E-state index contributed by atoms with van der Waals surface area (Å²) in [5, 5.41) is 4.09. The van der Waals surface area contributed by atoms with Crippen molar-refractivity contribution in [2.75, 3.05) is 20.1 Å². The first-order valence-electron chi connectivity index (χ1n) is 8.08. The number of aromatic nitrogens is 2. The minimum atomic E-state index is -4.38. The molecule has 140 valence electrons. The van der Waals surface area contributed by atoms with E-state index in [9.17, 15) is 22.8 Å². The molecule has 0 N–H and O–H groups in total. The molecule has 9 heteroatoms. The maximum absolute atomic E-state index is 12.6. The van der Waals surface area contributed by atoms with Crippen molar-refractivity contribution in [1.29, 1.82) is 0 Å². The smallest absolute Gasteiger partial charge is 0.339 e. The lowest BCUT2D eigenvalue weighted by Crippen LogP contribution is -2.61. The van der Waals surface area contributed by atoms with Crippen molar-refractivity contribution in [3.8, 4) is 0 Å². The molecule has 1 unspecified atom stereocenters. The number of likely N-dealkylation sites (N-methyl/N-ethyl adjacent to an activating group) is 1. The number of carbonyl (C=O) groups excluding carboxylic acids is 2. The van der Waals surface area contributed by atoms with Crippen LogP contribution >= 0.6 is 0 Å². The van der Waals surface area contributed by atoms with E-state index in [-0.39, 0.29) is 18.4 Å². The van der Waals surface area contributed by atoms with Crippen molar-refractivity contribution < 1.29 is 22.8 Å². The Morgan fingerprint density at radius 2 is 2.00 bits per heavy atom. The highest BCUT2D eigenvalue weighted by Crippen LogP contribution is 2.29. The summed E-state index contributed by atoms with van der Waals surface area (Å²) in [6, 6.07) is -0.232. The first-order valence-corrected chi connectivity index (χ1v) is 8.08. The predicted octanol–water partition coefficient (Wildman–Crippen LogP) is 1.53. The Bertz CT molecular complexity index is 631. The van der Waals surface area contributed by atoms with Gasteiger partial charge in [-0.25, -0.2) is 0 Å². The molecule has 1 saturated heterocycles. The lowest BCUT2D eigenvalue weighted by molar-refractivity contribution is -0.177. The summed E-state index contributed by atoms with van der Waals surface area (Å²) in [6.45, 7) is 3.57. The summed E-state index contributed by atoms with van der Waals surface area (Å²) in [5.74, 6) is -2.30. The number of hydrogen-bond acceptors (Lipinski definition) is 3. The lowest BCUT2D eigenvalue weighted by atomic mass is 10.0. The highest BCUT2D eigenvalue weighted by atomic mass is 19.4. The van der Waals surface area contributed by atoms with E-state index < -0.39 is 24.4 Å². The fraction of sp³-hybridized carbons (Fsp3) is 0.688. The normalized spacial score (nSPS) is 16.5. The Morgan fingerprint density at radius 3 is 2.48 bits per heavy atom. The van der Waals surface area contributed by atoms with Gasteiger partial charge in [0.05, 0.1) is 30.3 Å². The Morgan fingerprint density at radius 1 is 1.40 bits per heavy atom. The van der Waals surface area contributed by atoms with Gasteiger partial charge in [-0.3, -0.25) is 14.3 Å². The zero-order chi connectivity index (χ0) is 18.9. The van der Waals surface area contributed by atoms with Gasteiger partial charge in [-0.2, -0.15) is 18.3 Å². The largest absolute Gasteiger partial charge is 0.392 e. The Kier molecular flexibility index (Phi) is 5.43. The van der Waals surface area contributed by atoms with Gasteiger partial charge in [-0.1, -0.05) is 6.92 Å². The van der Waals surface area contributed by atoms with Crippen molar-refractivity contribution in [2.45, 2.75) is 38.9 Å². The summed E-state index contributed by atoms with van der Waals surface area (Å²) in [6.07, 6.45) is -3.04. The molecular weight excluding hydrogens is 337 g/mol. The second kappa shape index (κ2) is 7.05. The second-order valence-corrected chi connectivity index (χ2v) is 6.68. The average Bonchev–Trinajstić information content (AvgIpc) is 2.76. The van der Waals surface area contributed by atoms with Crippen molar-refractivity contribution in [2.24, 2.45) is 13.0 Å². The molecule has 6 nitrogen and oxygen atoms in total. The van der Waals surface area contributed by atoms with Crippen LogP contribution in [0.5, 0.6) is 0 Å². The standard InChI is InChI=1S/C16H23F3N4O2/c1-10-7-20-22(4)13(10)6-15(25)23-8-12(9-23)21(3)14(24)5-11(2)16(17,18)19/h7,11-12H,5-6,8-9H2,1-4H3. The molecule has 0 aliphatic carbocycles. The second-order valence-electron chi connectivity index (χ2n) is 6.68. The van der Waals surface area contributed by atoms with Crippen LogP contribution in [0.2, 0.25) is 0 Å². The average molecular weight is 360 g/mol. The van der Waals surface area contributed by atoms with E-state index in [1.54, 1.807) is 22.8 Å². The van der Waals surface area contributed by atoms with Crippen LogP contribution in [0.3, 0.4) is 0 Å². The molecule has 1 aliphatic heterocycles. The molecule has 0 spiro atoms. The highest BCUT2D eigenvalue weighted by molar-refractivity contribution is 5.81.